The van der Waals surface area contributed by atoms with Crippen LogP contribution in [-0.4, -0.2) is 30.8 Å². The van der Waals surface area contributed by atoms with Crippen LogP contribution in [0, 0.1) is 17.8 Å². The van der Waals surface area contributed by atoms with Crippen molar-refractivity contribution >= 4 is 11.6 Å². The Bertz CT molecular complexity index is 333. The van der Waals surface area contributed by atoms with Crippen LogP contribution >= 0.6 is 0 Å². The van der Waals surface area contributed by atoms with Crippen molar-refractivity contribution in [2.24, 2.45) is 27.7 Å². The molecule has 4 unspecified atom stereocenters. The van der Waals surface area contributed by atoms with E-state index < -0.39 is 0 Å². The summed E-state index contributed by atoms with van der Waals surface area (Å²) in [6.45, 7) is 8.77. The van der Waals surface area contributed by atoms with Crippen molar-refractivity contribution < 1.29 is 4.74 Å². The zero-order valence-electron chi connectivity index (χ0n) is 10.9. The molecule has 0 bridgehead atoms. The molecule has 0 saturated heterocycles. The van der Waals surface area contributed by atoms with Crippen molar-refractivity contribution in [3.63, 3.8) is 0 Å². The van der Waals surface area contributed by atoms with Gasteiger partial charge in [0.1, 0.15) is 6.04 Å². The predicted octanol–water partition coefficient (Wildman–Crippen LogP) is 2.56. The van der Waals surface area contributed by atoms with E-state index in [0.717, 1.165) is 11.8 Å². The molecule has 16 heavy (non-hydrogen) atoms. The first-order chi connectivity index (χ1) is 7.54. The summed E-state index contributed by atoms with van der Waals surface area (Å²) in [6.07, 6.45) is 1.28. The van der Waals surface area contributed by atoms with E-state index in [1.165, 1.54) is 12.1 Å². The molecule has 3 heteroatoms. The van der Waals surface area contributed by atoms with Crippen LogP contribution in [-0.2, 0) is 4.74 Å². The summed E-state index contributed by atoms with van der Waals surface area (Å²) in [7, 11) is 1.69. The Balaban J connectivity index is 2.23. The smallest absolute Gasteiger partial charge is 0.208 e. The molecule has 0 N–H and O–H groups in total. The molecule has 1 aliphatic heterocycles. The highest BCUT2D eigenvalue weighted by Gasteiger charge is 2.43. The predicted molar refractivity (Wildman–Crippen MR) is 67.2 cm³/mol. The van der Waals surface area contributed by atoms with Crippen LogP contribution in [0.25, 0.3) is 0 Å². The fourth-order valence-electron chi connectivity index (χ4n) is 2.43. The Morgan fingerprint density at radius 2 is 1.88 bits per heavy atom. The zero-order valence-corrected chi connectivity index (χ0v) is 10.9. The lowest BCUT2D eigenvalue weighted by Crippen LogP contribution is -2.36. The van der Waals surface area contributed by atoms with Crippen LogP contribution in [0.2, 0.25) is 0 Å². The van der Waals surface area contributed by atoms with Crippen molar-refractivity contribution in [1.82, 2.24) is 0 Å². The van der Waals surface area contributed by atoms with Gasteiger partial charge in [-0.3, -0.25) is 4.99 Å². The van der Waals surface area contributed by atoms with Crippen LogP contribution in [0.3, 0.4) is 0 Å². The number of hydrogen-bond donors (Lipinski definition) is 0. The van der Waals surface area contributed by atoms with Gasteiger partial charge < -0.3 is 4.74 Å². The second-order valence-electron chi connectivity index (χ2n) is 5.41. The van der Waals surface area contributed by atoms with E-state index in [0.29, 0.717) is 11.8 Å². The van der Waals surface area contributed by atoms with Gasteiger partial charge in [0.15, 0.2) is 0 Å². The van der Waals surface area contributed by atoms with Crippen molar-refractivity contribution in [1.29, 1.82) is 0 Å². The van der Waals surface area contributed by atoms with Crippen LogP contribution < -0.4 is 0 Å². The fraction of sp³-hybridized carbons (Fsp3) is 0.846. The lowest BCUT2D eigenvalue weighted by Gasteiger charge is -2.27. The van der Waals surface area contributed by atoms with Gasteiger partial charge in [0.2, 0.25) is 5.90 Å². The molecule has 1 aliphatic carbocycles. The lowest BCUT2D eigenvalue weighted by atomic mass is 9.94. The number of ether oxygens (including phenoxy) is 1. The Labute approximate surface area is 98.0 Å². The number of methoxy groups -OCH3 is 1. The largest absolute Gasteiger partial charge is 0.483 e. The molecular formula is C13H22N2O. The SMILES string of the molecule is COC1=NC(C(C)C)C(C2CC2C)=NC1C. The monoisotopic (exact) mass is 222 g/mol. The third-order valence-electron chi connectivity index (χ3n) is 3.60. The van der Waals surface area contributed by atoms with Crippen molar-refractivity contribution in [2.45, 2.75) is 46.2 Å². The van der Waals surface area contributed by atoms with Gasteiger partial charge >= 0.3 is 0 Å². The van der Waals surface area contributed by atoms with Crippen LogP contribution in [0.4, 0.5) is 0 Å². The van der Waals surface area contributed by atoms with Crippen LogP contribution in [0.1, 0.15) is 34.1 Å². The van der Waals surface area contributed by atoms with Crippen LogP contribution in [0.15, 0.2) is 9.98 Å². The van der Waals surface area contributed by atoms with Gasteiger partial charge in [-0.15, -0.1) is 0 Å². The highest BCUT2D eigenvalue weighted by molar-refractivity contribution is 6.00. The summed E-state index contributed by atoms with van der Waals surface area (Å²) in [5.74, 6) is 2.77. The minimum atomic E-state index is 0.0998. The van der Waals surface area contributed by atoms with Gasteiger partial charge in [-0.2, -0.15) is 0 Å². The molecule has 2 rings (SSSR count). The second-order valence-corrected chi connectivity index (χ2v) is 5.41. The molecule has 0 spiro atoms. The molecule has 0 radical (unpaired) electrons. The van der Waals surface area contributed by atoms with Gasteiger partial charge in [0.25, 0.3) is 0 Å². The average Bonchev–Trinajstić information content (AvgIpc) is 2.94. The molecule has 3 nitrogen and oxygen atoms in total. The summed E-state index contributed by atoms with van der Waals surface area (Å²) < 4.78 is 5.30. The second kappa shape index (κ2) is 4.19. The van der Waals surface area contributed by atoms with Gasteiger partial charge in [-0.05, 0) is 25.2 Å². The first-order valence-corrected chi connectivity index (χ1v) is 6.23. The highest BCUT2D eigenvalue weighted by Crippen LogP contribution is 2.42. The average molecular weight is 222 g/mol. The molecule has 0 aromatic heterocycles. The standard InChI is InChI=1S/C13H22N2O/c1-7(2)11-12(10-6-8(10)3)14-9(4)13(15-11)16-5/h7-11H,6H2,1-5H3. The van der Waals surface area contributed by atoms with E-state index in [-0.39, 0.29) is 12.1 Å². The van der Waals surface area contributed by atoms with E-state index in [9.17, 15) is 0 Å². The number of aliphatic imine (C=N–C) groups is 2. The Morgan fingerprint density at radius 3 is 2.31 bits per heavy atom. The summed E-state index contributed by atoms with van der Waals surface area (Å²) in [4.78, 5) is 9.53. The molecule has 90 valence electrons. The van der Waals surface area contributed by atoms with Crippen molar-refractivity contribution in [3.8, 4) is 0 Å². The molecule has 0 aromatic carbocycles. The van der Waals surface area contributed by atoms with E-state index in [1.807, 2.05) is 0 Å². The maximum Gasteiger partial charge on any atom is 0.208 e. The van der Waals surface area contributed by atoms with Gasteiger partial charge in [0, 0.05) is 11.6 Å². The van der Waals surface area contributed by atoms with Crippen LogP contribution in [0.5, 0.6) is 0 Å². The summed E-state index contributed by atoms with van der Waals surface area (Å²) in [6, 6.07) is 0.337. The quantitative estimate of drug-likeness (QED) is 0.707. The summed E-state index contributed by atoms with van der Waals surface area (Å²) in [5.41, 5.74) is 1.32. The Morgan fingerprint density at radius 1 is 1.25 bits per heavy atom. The molecule has 0 amide bonds. The van der Waals surface area contributed by atoms with Gasteiger partial charge in [-0.25, -0.2) is 4.99 Å². The molecule has 0 aromatic rings. The Kier molecular flexibility index (Phi) is 3.04. The van der Waals surface area contributed by atoms with Gasteiger partial charge in [0.05, 0.1) is 13.2 Å². The van der Waals surface area contributed by atoms with E-state index in [4.69, 9.17) is 14.7 Å². The first-order valence-electron chi connectivity index (χ1n) is 6.23. The third-order valence-corrected chi connectivity index (χ3v) is 3.60. The fourth-order valence-corrected chi connectivity index (χ4v) is 2.43. The maximum atomic E-state index is 5.30. The third kappa shape index (κ3) is 2.00. The lowest BCUT2D eigenvalue weighted by molar-refractivity contribution is 0.373. The topological polar surface area (TPSA) is 34.0 Å². The minimum Gasteiger partial charge on any atom is -0.483 e. The first kappa shape index (κ1) is 11.6. The van der Waals surface area contributed by atoms with E-state index >= 15 is 0 Å². The normalized spacial score (nSPS) is 38.1. The highest BCUT2D eigenvalue weighted by atomic mass is 16.5. The van der Waals surface area contributed by atoms with Gasteiger partial charge in [-0.1, -0.05) is 20.8 Å². The molecule has 1 heterocycles. The Hall–Kier alpha value is -0.860. The van der Waals surface area contributed by atoms with E-state index in [1.54, 1.807) is 7.11 Å². The van der Waals surface area contributed by atoms with Crippen molar-refractivity contribution in [3.05, 3.63) is 0 Å². The van der Waals surface area contributed by atoms with Crippen molar-refractivity contribution in [2.75, 3.05) is 7.11 Å². The summed E-state index contributed by atoms with van der Waals surface area (Å²) in [5, 5.41) is 0. The molecular weight excluding hydrogens is 200 g/mol. The molecule has 1 saturated carbocycles. The van der Waals surface area contributed by atoms with E-state index in [2.05, 4.69) is 27.7 Å². The minimum absolute atomic E-state index is 0.0998. The number of nitrogens with zero attached hydrogens (tertiary/aromatic N) is 2. The number of rotatable bonds is 2. The number of hydrogen-bond acceptors (Lipinski definition) is 3. The molecule has 1 fully saturated rings. The molecule has 4 atom stereocenters. The summed E-state index contributed by atoms with van der Waals surface area (Å²) >= 11 is 0. The zero-order chi connectivity index (χ0) is 11.9. The molecule has 2 aliphatic rings. The maximum absolute atomic E-state index is 5.30.